The number of allylic oxidation sites excluding steroid dienone is 1. The zero-order valence-corrected chi connectivity index (χ0v) is 24.5. The molecular weight excluding hydrogens is 484 g/mol. The van der Waals surface area contributed by atoms with E-state index in [1.54, 1.807) is 0 Å². The molecule has 0 aromatic carbocycles. The largest absolute Gasteiger partial charge is 0.481 e. The molecule has 0 radical (unpaired) electrons. The van der Waals surface area contributed by atoms with Gasteiger partial charge in [-0.15, -0.1) is 0 Å². The average molecular weight is 533 g/mol. The van der Waals surface area contributed by atoms with Crippen LogP contribution < -0.4 is 0 Å². The summed E-state index contributed by atoms with van der Waals surface area (Å²) in [7, 11) is 1.38. The van der Waals surface area contributed by atoms with Crippen molar-refractivity contribution in [1.82, 2.24) is 0 Å². The van der Waals surface area contributed by atoms with E-state index in [1.807, 2.05) is 34.6 Å². The molecule has 0 bridgehead atoms. The van der Waals surface area contributed by atoms with Gasteiger partial charge >= 0.3 is 17.9 Å². The maximum Gasteiger partial charge on any atom is 0.311 e. The summed E-state index contributed by atoms with van der Waals surface area (Å²) >= 11 is 0. The molecule has 38 heavy (non-hydrogen) atoms. The summed E-state index contributed by atoms with van der Waals surface area (Å²) in [5, 5.41) is 32.6. The van der Waals surface area contributed by atoms with Gasteiger partial charge in [0, 0.05) is 5.92 Å². The van der Waals surface area contributed by atoms with E-state index in [-0.39, 0.29) is 41.0 Å². The maximum atomic E-state index is 12.9. The molecule has 0 spiro atoms. The second kappa shape index (κ2) is 8.81. The molecule has 4 rings (SSSR count). The van der Waals surface area contributed by atoms with Crippen molar-refractivity contribution in [1.29, 1.82) is 0 Å². The topological polar surface area (TPSA) is 121 Å². The van der Waals surface area contributed by atoms with E-state index in [2.05, 4.69) is 19.9 Å². The Balaban J connectivity index is 1.89. The van der Waals surface area contributed by atoms with Crippen LogP contribution in [0.15, 0.2) is 11.6 Å². The number of carboxylic acid groups (broad SMARTS) is 2. The maximum absolute atomic E-state index is 12.9. The van der Waals surface area contributed by atoms with Crippen molar-refractivity contribution in [3.8, 4) is 0 Å². The molecule has 3 N–H and O–H groups in total. The summed E-state index contributed by atoms with van der Waals surface area (Å²) in [4.78, 5) is 38.1. The molecule has 4 aliphatic rings. The van der Waals surface area contributed by atoms with Crippen molar-refractivity contribution >= 4 is 17.9 Å². The van der Waals surface area contributed by atoms with E-state index in [1.165, 1.54) is 7.11 Å². The molecule has 3 saturated carbocycles. The van der Waals surface area contributed by atoms with Crippen LogP contribution in [0.25, 0.3) is 0 Å². The highest BCUT2D eigenvalue weighted by molar-refractivity contribution is 5.78. The van der Waals surface area contributed by atoms with Gasteiger partial charge in [0.25, 0.3) is 0 Å². The monoisotopic (exact) mass is 532 g/mol. The standard InChI is InChI=1S/C31H48O7/c1-18-11-14-31(24(34)35)16-15-28(5)19(23(31)30(18,7)37)9-10-21-27(4,17-22(32)33)20(12-13-29(21,28)6)26(2,3)25(36)38-8/h9,18,20-21,23,37H,10-17H2,1-8H3,(H,32,33)(H,34,35). The third-order valence-corrected chi connectivity index (χ3v) is 12.9. The number of carbonyl (C=O) groups is 3. The number of hydrogen-bond donors (Lipinski definition) is 3. The second-order valence-corrected chi connectivity index (χ2v) is 14.6. The Morgan fingerprint density at radius 2 is 1.66 bits per heavy atom. The molecule has 0 amide bonds. The summed E-state index contributed by atoms with van der Waals surface area (Å²) in [6, 6.07) is 0. The highest BCUT2D eigenvalue weighted by atomic mass is 16.5. The number of esters is 1. The molecular formula is C31H48O7. The first-order chi connectivity index (χ1) is 17.4. The lowest BCUT2D eigenvalue weighted by Gasteiger charge is -2.70. The molecule has 0 aromatic heterocycles. The minimum absolute atomic E-state index is 0.0224. The van der Waals surface area contributed by atoms with E-state index < -0.39 is 39.7 Å². The fourth-order valence-corrected chi connectivity index (χ4v) is 10.4. The van der Waals surface area contributed by atoms with Crippen LogP contribution in [0.3, 0.4) is 0 Å². The normalized spacial score (nSPS) is 46.6. The number of hydrogen-bond acceptors (Lipinski definition) is 5. The van der Waals surface area contributed by atoms with E-state index in [9.17, 15) is 29.7 Å². The zero-order chi connectivity index (χ0) is 28.7. The quantitative estimate of drug-likeness (QED) is 0.307. The Morgan fingerprint density at radius 1 is 1.03 bits per heavy atom. The summed E-state index contributed by atoms with van der Waals surface area (Å²) in [6.07, 6.45) is 6.65. The van der Waals surface area contributed by atoms with Crippen LogP contribution in [0.5, 0.6) is 0 Å². The molecule has 0 saturated heterocycles. The number of aliphatic hydroxyl groups is 1. The first kappa shape index (κ1) is 29.1. The SMILES string of the molecule is COC(=O)C(C)(C)C1CCC2(C)C(CC=C3C4C(C(=O)O)(CCC(C)C4(C)O)CCC32C)C1(C)CC(=O)O. The van der Waals surface area contributed by atoms with Gasteiger partial charge in [-0.3, -0.25) is 14.4 Å². The van der Waals surface area contributed by atoms with Crippen molar-refractivity contribution < 1.29 is 34.4 Å². The molecule has 9 unspecified atom stereocenters. The summed E-state index contributed by atoms with van der Waals surface area (Å²) < 4.78 is 5.18. The Kier molecular flexibility index (Phi) is 6.74. The van der Waals surface area contributed by atoms with Crippen LogP contribution in [0, 0.1) is 50.7 Å². The number of carbonyl (C=O) groups excluding carboxylic acids is 1. The van der Waals surface area contributed by atoms with Crippen molar-refractivity contribution in [2.75, 3.05) is 7.11 Å². The molecule has 0 aromatic rings. The smallest absolute Gasteiger partial charge is 0.311 e. The molecule has 214 valence electrons. The highest BCUT2D eigenvalue weighted by Crippen LogP contribution is 2.75. The van der Waals surface area contributed by atoms with E-state index in [4.69, 9.17) is 4.74 Å². The number of carboxylic acids is 2. The lowest BCUT2D eigenvalue weighted by Crippen LogP contribution is -2.67. The predicted molar refractivity (Wildman–Crippen MR) is 143 cm³/mol. The van der Waals surface area contributed by atoms with Gasteiger partial charge in [0.15, 0.2) is 0 Å². The van der Waals surface area contributed by atoms with Crippen molar-refractivity contribution in [3.05, 3.63) is 11.6 Å². The number of methoxy groups -OCH3 is 1. The Bertz CT molecular complexity index is 1060. The highest BCUT2D eigenvalue weighted by Gasteiger charge is 2.71. The van der Waals surface area contributed by atoms with E-state index >= 15 is 0 Å². The lowest BCUT2D eigenvalue weighted by atomic mass is 9.34. The second-order valence-electron chi connectivity index (χ2n) is 14.6. The van der Waals surface area contributed by atoms with Crippen LogP contribution >= 0.6 is 0 Å². The fourth-order valence-electron chi connectivity index (χ4n) is 10.4. The predicted octanol–water partition coefficient (Wildman–Crippen LogP) is 5.70. The van der Waals surface area contributed by atoms with Gasteiger partial charge in [-0.2, -0.15) is 0 Å². The summed E-state index contributed by atoms with van der Waals surface area (Å²) in [5.74, 6) is -2.73. The first-order valence-corrected chi connectivity index (χ1v) is 14.3. The third-order valence-electron chi connectivity index (χ3n) is 12.9. The van der Waals surface area contributed by atoms with E-state index in [0.29, 0.717) is 38.5 Å². The Labute approximate surface area is 227 Å². The number of ether oxygens (including phenoxy) is 1. The van der Waals surface area contributed by atoms with Gasteiger partial charge < -0.3 is 20.1 Å². The van der Waals surface area contributed by atoms with Gasteiger partial charge in [0.1, 0.15) is 0 Å². The first-order valence-electron chi connectivity index (χ1n) is 14.3. The summed E-state index contributed by atoms with van der Waals surface area (Å²) in [5.41, 5.74) is -3.30. The number of rotatable bonds is 5. The van der Waals surface area contributed by atoms with Crippen LogP contribution in [0.1, 0.15) is 99.8 Å². The molecule has 4 aliphatic carbocycles. The average Bonchev–Trinajstić information content (AvgIpc) is 2.80. The van der Waals surface area contributed by atoms with Crippen molar-refractivity contribution in [2.45, 2.75) is 105 Å². The van der Waals surface area contributed by atoms with Crippen molar-refractivity contribution in [2.24, 2.45) is 50.7 Å². The molecule has 9 atom stereocenters. The molecule has 3 fully saturated rings. The van der Waals surface area contributed by atoms with Crippen LogP contribution in [0.2, 0.25) is 0 Å². The Hall–Kier alpha value is -1.89. The van der Waals surface area contributed by atoms with Crippen molar-refractivity contribution in [3.63, 3.8) is 0 Å². The van der Waals surface area contributed by atoms with Gasteiger partial charge in [0.2, 0.25) is 0 Å². The molecule has 0 aliphatic heterocycles. The Morgan fingerprint density at radius 3 is 2.21 bits per heavy atom. The van der Waals surface area contributed by atoms with Gasteiger partial charge in [-0.05, 0) is 99.7 Å². The summed E-state index contributed by atoms with van der Waals surface area (Å²) in [6.45, 7) is 14.1. The minimum Gasteiger partial charge on any atom is -0.481 e. The zero-order valence-electron chi connectivity index (χ0n) is 24.5. The van der Waals surface area contributed by atoms with Crippen LogP contribution in [-0.4, -0.2) is 45.9 Å². The van der Waals surface area contributed by atoms with Gasteiger partial charge in [-0.25, -0.2) is 0 Å². The number of fused-ring (bicyclic) bond motifs is 5. The fraction of sp³-hybridized carbons (Fsp3) is 0.839. The van der Waals surface area contributed by atoms with E-state index in [0.717, 1.165) is 12.0 Å². The lowest BCUT2D eigenvalue weighted by molar-refractivity contribution is -0.207. The van der Waals surface area contributed by atoms with Crippen LogP contribution in [-0.2, 0) is 19.1 Å². The van der Waals surface area contributed by atoms with Crippen LogP contribution in [0.4, 0.5) is 0 Å². The number of aliphatic carboxylic acids is 2. The molecule has 7 nitrogen and oxygen atoms in total. The molecule has 7 heteroatoms. The minimum atomic E-state index is -1.15. The van der Waals surface area contributed by atoms with Gasteiger partial charge in [0.05, 0.1) is 30.0 Å². The third kappa shape index (κ3) is 3.59. The van der Waals surface area contributed by atoms with Gasteiger partial charge in [-0.1, -0.05) is 39.3 Å². The molecule has 0 heterocycles.